The average molecular weight is 625 g/mol. The van der Waals surface area contributed by atoms with Crippen LogP contribution in [0.5, 0.6) is 0 Å². The highest BCUT2D eigenvalue weighted by molar-refractivity contribution is 7.09. The molecule has 11 heteroatoms. The minimum absolute atomic E-state index is 0.0680. The Balaban J connectivity index is 1.77. The van der Waals surface area contributed by atoms with Crippen molar-refractivity contribution in [2.24, 2.45) is 5.92 Å². The summed E-state index contributed by atoms with van der Waals surface area (Å²) in [5.41, 5.74) is 2.82. The summed E-state index contributed by atoms with van der Waals surface area (Å²) in [6.07, 6.45) is 0.139. The van der Waals surface area contributed by atoms with Gasteiger partial charge in [-0.25, -0.2) is 9.59 Å². The van der Waals surface area contributed by atoms with Crippen molar-refractivity contribution in [2.75, 3.05) is 0 Å². The number of aromatic nitrogens is 1. The van der Waals surface area contributed by atoms with Crippen LogP contribution in [0.3, 0.4) is 0 Å². The Morgan fingerprint density at radius 1 is 0.886 bits per heavy atom. The molecule has 3 rings (SSSR count). The Morgan fingerprint density at radius 2 is 1.50 bits per heavy atom. The van der Waals surface area contributed by atoms with Gasteiger partial charge in [-0.05, 0) is 57.1 Å². The monoisotopic (exact) mass is 624 g/mol. The molecular weight excluding hydrogens is 580 g/mol. The molecule has 238 valence electrons. The number of nitrogens with one attached hydrogen (secondary N) is 3. The van der Waals surface area contributed by atoms with Crippen LogP contribution in [0.15, 0.2) is 72.4 Å². The van der Waals surface area contributed by atoms with Crippen molar-refractivity contribution in [3.8, 4) is 0 Å². The molecule has 1 heterocycles. The van der Waals surface area contributed by atoms with E-state index in [0.29, 0.717) is 12.8 Å². The van der Waals surface area contributed by atoms with Crippen molar-refractivity contribution in [2.45, 2.75) is 90.3 Å². The maximum atomic E-state index is 13.5. The van der Waals surface area contributed by atoms with Gasteiger partial charge in [-0.15, -0.1) is 11.3 Å². The fourth-order valence-electron chi connectivity index (χ4n) is 4.60. The Morgan fingerprint density at radius 3 is 2.05 bits per heavy atom. The number of rotatable bonds is 14. The zero-order chi connectivity index (χ0) is 32.1. The summed E-state index contributed by atoms with van der Waals surface area (Å²) in [5, 5.41) is 20.1. The van der Waals surface area contributed by atoms with Crippen LogP contribution >= 0.6 is 11.3 Å². The Labute approximate surface area is 263 Å². The number of aliphatic hydroxyl groups is 1. The van der Waals surface area contributed by atoms with E-state index in [0.717, 1.165) is 16.0 Å². The second-order valence-electron chi connectivity index (χ2n) is 12.1. The van der Waals surface area contributed by atoms with Gasteiger partial charge in [0.1, 0.15) is 18.2 Å². The van der Waals surface area contributed by atoms with Gasteiger partial charge in [-0.2, -0.15) is 0 Å². The molecule has 0 spiro atoms. The summed E-state index contributed by atoms with van der Waals surface area (Å²) in [4.78, 5) is 43.6. The highest BCUT2D eigenvalue weighted by Gasteiger charge is 2.31. The third-order valence-electron chi connectivity index (χ3n) is 6.71. The predicted octanol–water partition coefficient (Wildman–Crippen LogP) is 5.01. The van der Waals surface area contributed by atoms with Crippen LogP contribution in [0.2, 0.25) is 0 Å². The molecular formula is C33H44N4O6S. The summed E-state index contributed by atoms with van der Waals surface area (Å²) in [5.74, 6) is -0.624. The van der Waals surface area contributed by atoms with Gasteiger partial charge in [-0.3, -0.25) is 9.78 Å². The highest BCUT2D eigenvalue weighted by Crippen LogP contribution is 2.16. The Hall–Kier alpha value is -3.96. The summed E-state index contributed by atoms with van der Waals surface area (Å²) >= 11 is 1.38. The van der Waals surface area contributed by atoms with Crippen LogP contribution in [0.4, 0.5) is 9.59 Å². The standard InChI is InChI=1S/C33H44N4O6S/c1-22(2)29(37-32(41)43-33(3,4)5)30(39)35-25(16-23-12-8-6-9-13-23)18-28(38)27(17-24-14-10-7-11-15-24)36-31(40)42-20-26-19-34-21-44-26/h6-15,19,21-22,25,27-29,38H,16-18,20H2,1-5H3,(H,35,39)(H,36,40)(H,37,41)/t25?,27?,28?,29-/m0/s1. The minimum Gasteiger partial charge on any atom is -0.444 e. The van der Waals surface area contributed by atoms with Crippen LogP contribution in [-0.4, -0.2) is 58.0 Å². The van der Waals surface area contributed by atoms with E-state index in [4.69, 9.17) is 9.47 Å². The smallest absolute Gasteiger partial charge is 0.408 e. The van der Waals surface area contributed by atoms with Gasteiger partial charge in [-0.1, -0.05) is 74.5 Å². The lowest BCUT2D eigenvalue weighted by Crippen LogP contribution is -2.54. The second kappa shape index (κ2) is 16.8. The predicted molar refractivity (Wildman–Crippen MR) is 170 cm³/mol. The van der Waals surface area contributed by atoms with E-state index in [1.165, 1.54) is 11.3 Å². The fourth-order valence-corrected chi connectivity index (χ4v) is 5.11. The quantitative estimate of drug-likeness (QED) is 0.198. The molecule has 3 amide bonds. The third-order valence-corrected chi connectivity index (χ3v) is 7.47. The molecule has 44 heavy (non-hydrogen) atoms. The molecule has 0 aliphatic carbocycles. The molecule has 2 aromatic carbocycles. The number of ether oxygens (including phenoxy) is 2. The minimum atomic E-state index is -1.04. The number of nitrogens with zero attached hydrogens (tertiary/aromatic N) is 1. The van der Waals surface area contributed by atoms with Crippen molar-refractivity contribution >= 4 is 29.4 Å². The molecule has 0 saturated heterocycles. The molecule has 0 fully saturated rings. The van der Waals surface area contributed by atoms with Gasteiger partial charge in [0.25, 0.3) is 0 Å². The van der Waals surface area contributed by atoms with Gasteiger partial charge >= 0.3 is 12.2 Å². The number of alkyl carbamates (subject to hydrolysis) is 2. The van der Waals surface area contributed by atoms with Gasteiger partial charge in [0.05, 0.1) is 22.5 Å². The number of amides is 3. The number of carbonyl (C=O) groups excluding carboxylic acids is 3. The van der Waals surface area contributed by atoms with Gasteiger partial charge in [0, 0.05) is 12.2 Å². The van der Waals surface area contributed by atoms with Crippen molar-refractivity contribution < 1.29 is 29.0 Å². The van der Waals surface area contributed by atoms with Crippen molar-refractivity contribution in [1.82, 2.24) is 20.9 Å². The normalized spacial score (nSPS) is 14.2. The van der Waals surface area contributed by atoms with Crippen molar-refractivity contribution in [3.63, 3.8) is 0 Å². The van der Waals surface area contributed by atoms with Crippen LogP contribution in [0.25, 0.3) is 0 Å². The summed E-state index contributed by atoms with van der Waals surface area (Å²) in [6, 6.07) is 17.0. The molecule has 0 bridgehead atoms. The van der Waals surface area contributed by atoms with E-state index in [1.54, 1.807) is 32.5 Å². The van der Waals surface area contributed by atoms with E-state index in [1.807, 2.05) is 74.5 Å². The second-order valence-corrected chi connectivity index (χ2v) is 13.0. The molecule has 0 aliphatic heterocycles. The first-order valence-electron chi connectivity index (χ1n) is 14.8. The highest BCUT2D eigenvalue weighted by atomic mass is 32.1. The number of carbonyl (C=O) groups is 3. The molecule has 4 atom stereocenters. The topological polar surface area (TPSA) is 139 Å². The Bertz CT molecular complexity index is 1300. The van der Waals surface area contributed by atoms with E-state index in [9.17, 15) is 19.5 Å². The lowest BCUT2D eigenvalue weighted by atomic mass is 9.93. The molecule has 0 radical (unpaired) electrons. The molecule has 10 nitrogen and oxygen atoms in total. The number of benzene rings is 2. The lowest BCUT2D eigenvalue weighted by Gasteiger charge is -2.30. The molecule has 3 unspecified atom stereocenters. The largest absolute Gasteiger partial charge is 0.444 e. The third kappa shape index (κ3) is 12.3. The first-order chi connectivity index (χ1) is 20.9. The SMILES string of the molecule is CC(C)[C@H](NC(=O)OC(C)(C)C)C(=O)NC(Cc1ccccc1)CC(O)C(Cc1ccccc1)NC(=O)OCc1cncs1. The van der Waals surface area contributed by atoms with Crippen molar-refractivity contribution in [3.05, 3.63) is 88.4 Å². The maximum absolute atomic E-state index is 13.5. The molecule has 0 saturated carbocycles. The fraction of sp³-hybridized carbons (Fsp3) is 0.455. The van der Waals surface area contributed by atoms with Crippen molar-refractivity contribution in [1.29, 1.82) is 0 Å². The number of hydrogen-bond acceptors (Lipinski definition) is 8. The molecule has 1 aromatic heterocycles. The lowest BCUT2D eigenvalue weighted by molar-refractivity contribution is -0.125. The van der Waals surface area contributed by atoms with E-state index in [-0.39, 0.29) is 18.9 Å². The van der Waals surface area contributed by atoms with Crippen LogP contribution in [-0.2, 0) is 33.7 Å². The van der Waals surface area contributed by atoms with Gasteiger partial charge < -0.3 is 30.5 Å². The van der Waals surface area contributed by atoms with E-state index >= 15 is 0 Å². The summed E-state index contributed by atoms with van der Waals surface area (Å²) in [7, 11) is 0. The average Bonchev–Trinajstić information content (AvgIpc) is 3.48. The van der Waals surface area contributed by atoms with Crippen LogP contribution in [0, 0.1) is 5.92 Å². The first kappa shape index (κ1) is 34.5. The van der Waals surface area contributed by atoms with Gasteiger partial charge in [0.2, 0.25) is 5.91 Å². The summed E-state index contributed by atoms with van der Waals surface area (Å²) < 4.78 is 10.8. The molecule has 3 aromatic rings. The Kier molecular flexibility index (Phi) is 13.2. The summed E-state index contributed by atoms with van der Waals surface area (Å²) in [6.45, 7) is 9.00. The van der Waals surface area contributed by atoms with Crippen LogP contribution < -0.4 is 16.0 Å². The maximum Gasteiger partial charge on any atom is 0.408 e. The zero-order valence-corrected chi connectivity index (χ0v) is 26.8. The van der Waals surface area contributed by atoms with E-state index < -0.39 is 47.9 Å². The number of hydrogen-bond donors (Lipinski definition) is 4. The molecule has 4 N–H and O–H groups in total. The molecule has 0 aliphatic rings. The number of aliphatic hydroxyl groups excluding tert-OH is 1. The first-order valence-corrected chi connectivity index (χ1v) is 15.6. The van der Waals surface area contributed by atoms with E-state index in [2.05, 4.69) is 20.9 Å². The van der Waals surface area contributed by atoms with Gasteiger partial charge in [0.15, 0.2) is 0 Å². The van der Waals surface area contributed by atoms with Crippen LogP contribution in [0.1, 0.15) is 57.0 Å². The zero-order valence-electron chi connectivity index (χ0n) is 26.0. The number of thiazole rings is 1.